The quantitative estimate of drug-likeness (QED) is 0.400. The highest BCUT2D eigenvalue weighted by atomic mass is 16.5. The number of anilines is 1. The minimum Gasteiger partial charge on any atom is -0.472 e. The van der Waals surface area contributed by atoms with Gasteiger partial charge in [0.25, 0.3) is 11.8 Å². The van der Waals surface area contributed by atoms with Gasteiger partial charge in [-0.2, -0.15) is 0 Å². The molecule has 0 radical (unpaired) electrons. The van der Waals surface area contributed by atoms with Gasteiger partial charge in [-0.15, -0.1) is 0 Å². The smallest absolute Gasteiger partial charge is 0.274 e. The van der Waals surface area contributed by atoms with E-state index in [1.807, 2.05) is 32.0 Å². The van der Waals surface area contributed by atoms with Gasteiger partial charge in [0.2, 0.25) is 0 Å². The second-order valence-electron chi connectivity index (χ2n) is 7.01. The molecule has 0 saturated heterocycles. The zero-order valence-corrected chi connectivity index (χ0v) is 15.5. The highest BCUT2D eigenvalue weighted by Gasteiger charge is 2.18. The maximum Gasteiger partial charge on any atom is 0.274 e. The lowest BCUT2D eigenvalue weighted by Gasteiger charge is -2.22. The molecule has 2 aromatic carbocycles. The molecule has 3 aromatic rings. The fourth-order valence-electron chi connectivity index (χ4n) is 2.71. The fourth-order valence-corrected chi connectivity index (χ4v) is 2.71. The number of amides is 2. The van der Waals surface area contributed by atoms with E-state index in [1.54, 1.807) is 35.8 Å². The van der Waals surface area contributed by atoms with Crippen molar-refractivity contribution < 1.29 is 19.2 Å². The third-order valence-electron chi connectivity index (χ3n) is 4.30. The molecule has 7 heteroatoms. The number of hydrogen-bond acceptors (Lipinski definition) is 5. The summed E-state index contributed by atoms with van der Waals surface area (Å²) in [7, 11) is 0. The monoisotopic (exact) mass is 379 g/mol. The van der Waals surface area contributed by atoms with Crippen molar-refractivity contribution in [1.82, 2.24) is 5.48 Å². The van der Waals surface area contributed by atoms with E-state index in [9.17, 15) is 9.59 Å². The van der Waals surface area contributed by atoms with E-state index in [-0.39, 0.29) is 5.91 Å². The zero-order valence-electron chi connectivity index (χ0n) is 15.5. The lowest BCUT2D eigenvalue weighted by Crippen LogP contribution is -2.28. The summed E-state index contributed by atoms with van der Waals surface area (Å²) in [5.74, 6) is -0.877. The summed E-state index contributed by atoms with van der Waals surface area (Å²) in [5, 5.41) is 11.6. The number of carbonyl (C=O) groups is 2. The summed E-state index contributed by atoms with van der Waals surface area (Å²) in [6, 6.07) is 13.9. The van der Waals surface area contributed by atoms with E-state index in [0.29, 0.717) is 16.8 Å². The number of carbonyl (C=O) groups excluding carboxylic acids is 2. The fraction of sp³-hybridized carbons (Fsp3) is 0.143. The third kappa shape index (κ3) is 4.28. The summed E-state index contributed by atoms with van der Waals surface area (Å²) >= 11 is 0. The van der Waals surface area contributed by atoms with Crippen molar-refractivity contribution in [2.75, 3.05) is 5.32 Å². The van der Waals surface area contributed by atoms with Gasteiger partial charge in [-0.3, -0.25) is 14.8 Å². The van der Waals surface area contributed by atoms with Gasteiger partial charge in [-0.1, -0.05) is 12.1 Å². The lowest BCUT2D eigenvalue weighted by atomic mass is 9.91. The summed E-state index contributed by atoms with van der Waals surface area (Å²) < 4.78 is 4.95. The normalized spacial score (nSPS) is 11.1. The molecule has 5 N–H and O–H groups in total. The summed E-state index contributed by atoms with van der Waals surface area (Å²) in [5.41, 5.74) is 11.1. The maximum atomic E-state index is 12.4. The number of furan rings is 1. The average molecular weight is 379 g/mol. The van der Waals surface area contributed by atoms with E-state index >= 15 is 0 Å². The number of nitrogens with two attached hydrogens (primary N) is 1. The minimum absolute atomic E-state index is 0.290. The van der Waals surface area contributed by atoms with Crippen LogP contribution >= 0.6 is 0 Å². The molecular formula is C21H21N3O4. The molecule has 28 heavy (non-hydrogen) atoms. The summed E-state index contributed by atoms with van der Waals surface area (Å²) in [6.45, 7) is 3.75. The Labute approximate surface area is 162 Å². The van der Waals surface area contributed by atoms with Crippen molar-refractivity contribution in [3.05, 3.63) is 77.7 Å². The second-order valence-corrected chi connectivity index (χ2v) is 7.01. The first-order valence-electron chi connectivity index (χ1n) is 8.61. The number of benzene rings is 2. The number of rotatable bonds is 5. The van der Waals surface area contributed by atoms with E-state index in [1.165, 1.54) is 12.5 Å². The molecule has 0 saturated carbocycles. The molecule has 0 fully saturated rings. The first-order valence-corrected chi connectivity index (χ1v) is 8.61. The third-order valence-corrected chi connectivity index (χ3v) is 4.30. The Bertz CT molecular complexity index is 987. The van der Waals surface area contributed by atoms with Gasteiger partial charge in [0.05, 0.1) is 11.8 Å². The van der Waals surface area contributed by atoms with E-state index < -0.39 is 11.4 Å². The molecule has 0 bridgehead atoms. The first-order chi connectivity index (χ1) is 13.3. The van der Waals surface area contributed by atoms with Crippen LogP contribution in [0.2, 0.25) is 0 Å². The Kier molecular flexibility index (Phi) is 5.30. The van der Waals surface area contributed by atoms with Crippen LogP contribution in [0.1, 0.15) is 40.1 Å². The first kappa shape index (κ1) is 19.3. The van der Waals surface area contributed by atoms with Gasteiger partial charge >= 0.3 is 0 Å². The van der Waals surface area contributed by atoms with Gasteiger partial charge in [0, 0.05) is 16.8 Å². The van der Waals surface area contributed by atoms with Crippen LogP contribution in [0.5, 0.6) is 0 Å². The number of nitrogens with one attached hydrogen (secondary N) is 2. The van der Waals surface area contributed by atoms with Gasteiger partial charge < -0.3 is 15.5 Å². The molecule has 7 nitrogen and oxygen atoms in total. The SMILES string of the molecule is CC(C)(N)c1cc(NC(=O)c2ccoc2)cc(-c2ccc(C(=O)NO)cc2)c1. The van der Waals surface area contributed by atoms with Crippen LogP contribution in [0, 0.1) is 0 Å². The molecule has 0 atom stereocenters. The van der Waals surface area contributed by atoms with Crippen molar-refractivity contribution in [1.29, 1.82) is 0 Å². The second kappa shape index (κ2) is 7.67. The van der Waals surface area contributed by atoms with Crippen molar-refractivity contribution >= 4 is 17.5 Å². The molecule has 0 aliphatic rings. The Morgan fingerprint density at radius 1 is 0.964 bits per heavy atom. The zero-order chi connectivity index (χ0) is 20.3. The predicted molar refractivity (Wildman–Crippen MR) is 105 cm³/mol. The van der Waals surface area contributed by atoms with Gasteiger partial charge in [0.15, 0.2) is 0 Å². The minimum atomic E-state index is -0.623. The van der Waals surface area contributed by atoms with Crippen LogP contribution in [0.25, 0.3) is 11.1 Å². The van der Waals surface area contributed by atoms with E-state index in [0.717, 1.165) is 16.7 Å². The molecule has 3 rings (SSSR count). The van der Waals surface area contributed by atoms with Crippen molar-refractivity contribution in [3.63, 3.8) is 0 Å². The van der Waals surface area contributed by atoms with E-state index in [2.05, 4.69) is 5.32 Å². The van der Waals surface area contributed by atoms with Crippen LogP contribution in [-0.4, -0.2) is 17.0 Å². The largest absolute Gasteiger partial charge is 0.472 e. The van der Waals surface area contributed by atoms with Crippen molar-refractivity contribution in [3.8, 4) is 11.1 Å². The topological polar surface area (TPSA) is 118 Å². The molecular weight excluding hydrogens is 358 g/mol. The van der Waals surface area contributed by atoms with E-state index in [4.69, 9.17) is 15.4 Å². The molecule has 0 aliphatic heterocycles. The predicted octanol–water partition coefficient (Wildman–Crippen LogP) is 3.51. The number of hydrogen-bond donors (Lipinski definition) is 4. The Morgan fingerprint density at radius 3 is 2.25 bits per heavy atom. The van der Waals surface area contributed by atoms with Crippen LogP contribution in [0.4, 0.5) is 5.69 Å². The highest BCUT2D eigenvalue weighted by Crippen LogP contribution is 2.30. The summed E-state index contributed by atoms with van der Waals surface area (Å²) in [6.07, 6.45) is 2.81. The van der Waals surface area contributed by atoms with Crippen LogP contribution in [-0.2, 0) is 5.54 Å². The standard InChI is InChI=1S/C21H21N3O4/c1-21(2,22)17-9-16(13-3-5-14(6-4-13)20(26)24-27)10-18(11-17)23-19(25)15-7-8-28-12-15/h3-12,27H,22H2,1-2H3,(H,23,25)(H,24,26). The van der Waals surface area contributed by atoms with Crippen LogP contribution in [0.3, 0.4) is 0 Å². The van der Waals surface area contributed by atoms with Crippen molar-refractivity contribution in [2.45, 2.75) is 19.4 Å². The summed E-state index contributed by atoms with van der Waals surface area (Å²) in [4.78, 5) is 23.9. The Morgan fingerprint density at radius 2 is 1.68 bits per heavy atom. The molecule has 0 unspecified atom stereocenters. The van der Waals surface area contributed by atoms with Gasteiger partial charge in [-0.05, 0) is 66.9 Å². The Hall–Kier alpha value is -3.42. The van der Waals surface area contributed by atoms with Crippen LogP contribution in [0.15, 0.2) is 65.5 Å². The average Bonchev–Trinajstić information content (AvgIpc) is 3.21. The highest BCUT2D eigenvalue weighted by molar-refractivity contribution is 6.04. The molecule has 0 aliphatic carbocycles. The molecule has 1 heterocycles. The Balaban J connectivity index is 1.98. The van der Waals surface area contributed by atoms with Crippen molar-refractivity contribution in [2.24, 2.45) is 5.73 Å². The molecule has 0 spiro atoms. The van der Waals surface area contributed by atoms with Gasteiger partial charge in [0.1, 0.15) is 6.26 Å². The molecule has 2 amide bonds. The molecule has 144 valence electrons. The maximum absolute atomic E-state index is 12.4. The molecule has 1 aromatic heterocycles. The lowest BCUT2D eigenvalue weighted by molar-refractivity contribution is 0.0706. The van der Waals surface area contributed by atoms with Gasteiger partial charge in [-0.25, -0.2) is 5.48 Å². The number of hydroxylamine groups is 1. The van der Waals surface area contributed by atoms with Crippen LogP contribution < -0.4 is 16.5 Å².